The van der Waals surface area contributed by atoms with Gasteiger partial charge in [0.1, 0.15) is 23.7 Å². The van der Waals surface area contributed by atoms with E-state index in [-0.39, 0.29) is 29.4 Å². The first-order valence-electron chi connectivity index (χ1n) is 9.84. The number of fused-ring (bicyclic) bond motifs is 2. The number of carbonyl (C=O) groups excluding carboxylic acids is 2. The number of furan rings is 1. The number of hydrogen-bond donors (Lipinski definition) is 1. The number of benzene rings is 2. The molecule has 1 N–H and O–H groups in total. The van der Waals surface area contributed by atoms with Crippen LogP contribution in [0.15, 0.2) is 40.8 Å². The maximum atomic E-state index is 13.4. The molecule has 1 atom stereocenters. The molecule has 2 heterocycles. The van der Waals surface area contributed by atoms with Gasteiger partial charge in [0, 0.05) is 31.1 Å². The molecule has 1 unspecified atom stereocenters. The van der Waals surface area contributed by atoms with Crippen molar-refractivity contribution in [1.29, 1.82) is 0 Å². The first-order valence-corrected chi connectivity index (χ1v) is 11.7. The molecule has 0 spiro atoms. The number of likely N-dealkylation sites (N-methyl/N-ethyl adjacent to an activating group) is 1. The maximum Gasteiger partial charge on any atom is 0.255 e. The predicted octanol–water partition coefficient (Wildman–Crippen LogP) is 2.90. The molecule has 0 radical (unpaired) electrons. The van der Waals surface area contributed by atoms with E-state index in [2.05, 4.69) is 5.32 Å². The monoisotopic (exact) mass is 459 g/mol. The Bertz CT molecular complexity index is 1350. The molecule has 32 heavy (non-hydrogen) atoms. The van der Waals surface area contributed by atoms with Crippen LogP contribution in [-0.2, 0) is 14.8 Å². The molecule has 0 fully saturated rings. The normalized spacial score (nSPS) is 16.8. The number of hydrogen-bond acceptors (Lipinski definition) is 5. The molecule has 0 bridgehead atoms. The van der Waals surface area contributed by atoms with E-state index in [0.717, 1.165) is 10.6 Å². The second-order valence-electron chi connectivity index (χ2n) is 7.75. The predicted molar refractivity (Wildman–Crippen MR) is 118 cm³/mol. The molecule has 1 aliphatic rings. The molecule has 168 valence electrons. The van der Waals surface area contributed by atoms with Crippen LogP contribution in [0.2, 0.25) is 0 Å². The lowest BCUT2D eigenvalue weighted by Crippen LogP contribution is -2.38. The Morgan fingerprint density at radius 1 is 1.22 bits per heavy atom. The summed E-state index contributed by atoms with van der Waals surface area (Å²) < 4.78 is 45.5. The summed E-state index contributed by atoms with van der Waals surface area (Å²) >= 11 is 0. The lowest BCUT2D eigenvalue weighted by atomic mass is 9.99. The fourth-order valence-corrected chi connectivity index (χ4v) is 4.75. The molecule has 1 aromatic heterocycles. The first kappa shape index (κ1) is 21.8. The molecule has 0 saturated heterocycles. The number of sulfonamides is 1. The van der Waals surface area contributed by atoms with Gasteiger partial charge in [0.2, 0.25) is 15.9 Å². The molecule has 1 aliphatic heterocycles. The quantitative estimate of drug-likeness (QED) is 0.649. The lowest BCUT2D eigenvalue weighted by Gasteiger charge is -2.23. The summed E-state index contributed by atoms with van der Waals surface area (Å²) in [5, 5.41) is 3.05. The summed E-state index contributed by atoms with van der Waals surface area (Å²) in [5.41, 5.74) is 1.89. The molecular formula is C22H22FN3O5S. The number of rotatable bonds is 3. The van der Waals surface area contributed by atoms with Crippen LogP contribution in [0.3, 0.4) is 0 Å². The smallest absolute Gasteiger partial charge is 0.255 e. The number of nitrogens with zero attached hydrogens (tertiary/aromatic N) is 2. The Kier molecular flexibility index (Phi) is 5.20. The zero-order valence-electron chi connectivity index (χ0n) is 18.0. The van der Waals surface area contributed by atoms with Crippen molar-refractivity contribution < 1.29 is 26.8 Å². The molecule has 0 saturated carbocycles. The minimum absolute atomic E-state index is 0.238. The maximum absolute atomic E-state index is 13.4. The van der Waals surface area contributed by atoms with E-state index in [0.29, 0.717) is 22.2 Å². The number of halogens is 1. The van der Waals surface area contributed by atoms with Crippen molar-refractivity contribution in [3.63, 3.8) is 0 Å². The van der Waals surface area contributed by atoms with Crippen molar-refractivity contribution in [2.24, 2.45) is 0 Å². The first-order chi connectivity index (χ1) is 15.0. The lowest BCUT2D eigenvalue weighted by molar-refractivity contribution is -0.129. The van der Waals surface area contributed by atoms with Crippen LogP contribution in [0.1, 0.15) is 28.9 Å². The summed E-state index contributed by atoms with van der Waals surface area (Å²) in [4.78, 5) is 26.8. The van der Waals surface area contributed by atoms with Crippen LogP contribution < -0.4 is 9.62 Å². The second kappa shape index (κ2) is 7.63. The van der Waals surface area contributed by atoms with Gasteiger partial charge in [-0.2, -0.15) is 0 Å². The van der Waals surface area contributed by atoms with Crippen LogP contribution in [0.25, 0.3) is 22.3 Å². The Morgan fingerprint density at radius 2 is 1.88 bits per heavy atom. The molecule has 4 rings (SSSR count). The van der Waals surface area contributed by atoms with E-state index >= 15 is 0 Å². The van der Waals surface area contributed by atoms with E-state index in [4.69, 9.17) is 4.42 Å². The van der Waals surface area contributed by atoms with Crippen LogP contribution in [0.4, 0.5) is 10.1 Å². The van der Waals surface area contributed by atoms with Crippen LogP contribution in [0.5, 0.6) is 0 Å². The summed E-state index contributed by atoms with van der Waals surface area (Å²) in [6.45, 7) is 1.45. The highest BCUT2D eigenvalue weighted by Gasteiger charge is 2.34. The summed E-state index contributed by atoms with van der Waals surface area (Å²) in [5.74, 6) is -0.950. The third-order valence-corrected chi connectivity index (χ3v) is 6.90. The SMILES string of the molecule is CNC(=O)c1c(-c2ccc(F)cc2)oc2cc3c(cc12)C(C)N(C)C(=O)CN3S(C)(=O)=O. The van der Waals surface area contributed by atoms with Gasteiger partial charge in [0.05, 0.1) is 23.5 Å². The summed E-state index contributed by atoms with van der Waals surface area (Å²) in [7, 11) is -0.681. The van der Waals surface area contributed by atoms with Gasteiger partial charge in [-0.15, -0.1) is 0 Å². The number of nitrogens with one attached hydrogen (secondary N) is 1. The molecule has 2 amide bonds. The average Bonchev–Trinajstić information content (AvgIpc) is 3.08. The van der Waals surface area contributed by atoms with E-state index in [1.807, 2.05) is 0 Å². The third kappa shape index (κ3) is 3.50. The van der Waals surface area contributed by atoms with E-state index in [1.54, 1.807) is 20.0 Å². The van der Waals surface area contributed by atoms with Gasteiger partial charge < -0.3 is 14.6 Å². The Morgan fingerprint density at radius 3 is 2.47 bits per heavy atom. The van der Waals surface area contributed by atoms with E-state index in [1.165, 1.54) is 42.3 Å². The summed E-state index contributed by atoms with van der Waals surface area (Å²) in [6, 6.07) is 8.30. The van der Waals surface area contributed by atoms with Crippen molar-refractivity contribution in [3.8, 4) is 11.3 Å². The Labute approximate surface area is 184 Å². The fourth-order valence-electron chi connectivity index (χ4n) is 3.89. The largest absolute Gasteiger partial charge is 0.455 e. The zero-order valence-corrected chi connectivity index (χ0v) is 18.8. The topological polar surface area (TPSA) is 99.9 Å². The molecule has 0 aliphatic carbocycles. The van der Waals surface area contributed by atoms with Crippen molar-refractivity contribution in [2.75, 3.05) is 31.2 Å². The molecule has 3 aromatic rings. The average molecular weight is 459 g/mol. The van der Waals surface area contributed by atoms with E-state index in [9.17, 15) is 22.4 Å². The molecule has 10 heteroatoms. The van der Waals surface area contributed by atoms with Gasteiger partial charge in [-0.3, -0.25) is 13.9 Å². The Balaban J connectivity index is 2.06. The Hall–Kier alpha value is -3.40. The molecular weight excluding hydrogens is 437 g/mol. The number of amides is 2. The zero-order chi connectivity index (χ0) is 23.4. The third-order valence-electron chi connectivity index (χ3n) is 5.77. The number of anilines is 1. The van der Waals surface area contributed by atoms with Crippen molar-refractivity contribution >= 4 is 38.5 Å². The van der Waals surface area contributed by atoms with Gasteiger partial charge in [0.15, 0.2) is 0 Å². The fraction of sp³-hybridized carbons (Fsp3) is 0.273. The highest BCUT2D eigenvalue weighted by atomic mass is 32.2. The van der Waals surface area contributed by atoms with Crippen LogP contribution >= 0.6 is 0 Å². The van der Waals surface area contributed by atoms with Crippen molar-refractivity contribution in [2.45, 2.75) is 13.0 Å². The van der Waals surface area contributed by atoms with Gasteiger partial charge >= 0.3 is 0 Å². The van der Waals surface area contributed by atoms with Crippen LogP contribution in [-0.4, -0.2) is 52.0 Å². The number of carbonyl (C=O) groups is 2. The van der Waals surface area contributed by atoms with Crippen molar-refractivity contribution in [3.05, 3.63) is 53.3 Å². The van der Waals surface area contributed by atoms with E-state index < -0.39 is 27.8 Å². The second-order valence-corrected chi connectivity index (χ2v) is 9.66. The highest BCUT2D eigenvalue weighted by Crippen LogP contribution is 2.41. The molecule has 8 nitrogen and oxygen atoms in total. The van der Waals surface area contributed by atoms with Crippen LogP contribution in [0, 0.1) is 5.82 Å². The minimum atomic E-state index is -3.77. The van der Waals surface area contributed by atoms with Gasteiger partial charge in [-0.1, -0.05) is 0 Å². The van der Waals surface area contributed by atoms with Crippen molar-refractivity contribution in [1.82, 2.24) is 10.2 Å². The van der Waals surface area contributed by atoms with Gasteiger partial charge in [-0.05, 0) is 42.8 Å². The standard InChI is InChI=1S/C22H22FN3O5S/c1-12-15-9-16-18(10-17(15)26(32(4,29)30)11-19(27)25(12)3)31-21(20(16)22(28)24-2)13-5-7-14(23)8-6-13/h5-10,12H,11H2,1-4H3,(H,24,28). The molecule has 2 aromatic carbocycles. The summed E-state index contributed by atoms with van der Waals surface area (Å²) in [6.07, 6.45) is 1.03. The highest BCUT2D eigenvalue weighted by molar-refractivity contribution is 7.92. The van der Waals surface area contributed by atoms with Gasteiger partial charge in [0.25, 0.3) is 5.91 Å². The minimum Gasteiger partial charge on any atom is -0.455 e. The van der Waals surface area contributed by atoms with Gasteiger partial charge in [-0.25, -0.2) is 12.8 Å².